The first-order valence-electron chi connectivity index (χ1n) is 17.5. The number of fused-ring (bicyclic) bond motifs is 2. The fourth-order valence-electron chi connectivity index (χ4n) is 8.12. The second-order valence-corrected chi connectivity index (χ2v) is 20.8. The molecule has 3 aliphatic carbocycles. The van der Waals surface area contributed by atoms with Gasteiger partial charge < -0.3 is 9.47 Å². The highest BCUT2D eigenvalue weighted by molar-refractivity contribution is 8.33. The van der Waals surface area contributed by atoms with Crippen molar-refractivity contribution < 1.29 is 65.9 Å². The lowest BCUT2D eigenvalue weighted by Crippen LogP contribution is -2.45. The zero-order valence-corrected chi connectivity index (χ0v) is 31.5. The first-order valence-corrected chi connectivity index (χ1v) is 22.1. The smallest absolute Gasteiger partial charge is 0.422 e. The summed E-state index contributed by atoms with van der Waals surface area (Å²) in [5.41, 5.74) is 0. The van der Waals surface area contributed by atoms with Gasteiger partial charge in [0.1, 0.15) is 0 Å². The molecule has 18 heteroatoms. The third kappa shape index (κ3) is 8.71. The van der Waals surface area contributed by atoms with Gasteiger partial charge >= 0.3 is 24.3 Å². The Balaban J connectivity index is 1.41. The van der Waals surface area contributed by atoms with E-state index in [0.717, 1.165) is 19.3 Å². The summed E-state index contributed by atoms with van der Waals surface area (Å²) in [6, 6.07) is 22.3. The van der Waals surface area contributed by atoms with Crippen LogP contribution in [0, 0.1) is 23.7 Å². The lowest BCUT2D eigenvalue weighted by atomic mass is 9.79. The molecular formula is C37H38F6O9S3. The van der Waals surface area contributed by atoms with Crippen molar-refractivity contribution in [3.8, 4) is 0 Å². The number of hydrogen-bond acceptors (Lipinski definition) is 9. The van der Waals surface area contributed by atoms with Crippen LogP contribution in [0.25, 0.3) is 0 Å². The SMILES string of the molecule is O=C(OCC(F)(F)F)C1C2CC(C1C(=O)OCC(F)(F)F)C(S(=O)(=O)OS(c1ccccc1)(c1ccccc1)c1ccc(S(=O)(=O)C3CCCCC3)cc1)C2. The van der Waals surface area contributed by atoms with Crippen LogP contribution in [0.3, 0.4) is 0 Å². The van der Waals surface area contributed by atoms with E-state index in [9.17, 15) is 52.8 Å². The van der Waals surface area contributed by atoms with Gasteiger partial charge in [-0.05, 0) is 96.4 Å². The van der Waals surface area contributed by atoms with E-state index in [1.165, 1.54) is 24.3 Å². The van der Waals surface area contributed by atoms with Crippen molar-refractivity contribution in [2.75, 3.05) is 13.2 Å². The van der Waals surface area contributed by atoms with Gasteiger partial charge in [-0.3, -0.25) is 9.59 Å². The van der Waals surface area contributed by atoms with Crippen molar-refractivity contribution in [1.82, 2.24) is 0 Å². The van der Waals surface area contributed by atoms with Gasteiger partial charge in [0.2, 0.25) is 0 Å². The van der Waals surface area contributed by atoms with Crippen molar-refractivity contribution in [3.05, 3.63) is 84.9 Å². The van der Waals surface area contributed by atoms with E-state index in [1.54, 1.807) is 60.7 Å². The predicted octanol–water partition coefficient (Wildman–Crippen LogP) is 8.19. The van der Waals surface area contributed by atoms with E-state index in [4.69, 9.17) is 3.63 Å². The molecule has 3 aliphatic rings. The Bertz CT molecular complexity index is 2010. The number of sulfone groups is 1. The molecule has 3 aromatic rings. The standard InChI is InChI=1S/C37H38F6O9S3/c38-36(39,40)22-50-34(44)32-24-20-30(33(32)35(45)51-23-37(41,42)43)31(21-24)55(48,49)52-53(25-10-4-1-5-11-25,26-12-6-2-7-13-26)27-16-18-29(19-17-27)54(46,47)28-14-8-3-9-15-28/h1-2,4-7,10-13,16-19,24,28,30-33H,3,8-9,14-15,20-23H2. The van der Waals surface area contributed by atoms with Crippen LogP contribution in [0.4, 0.5) is 26.3 Å². The van der Waals surface area contributed by atoms with Crippen molar-refractivity contribution in [2.45, 2.75) is 87.4 Å². The molecule has 0 spiro atoms. The summed E-state index contributed by atoms with van der Waals surface area (Å²) in [6.45, 7) is -4.09. The van der Waals surface area contributed by atoms with E-state index >= 15 is 0 Å². The fraction of sp³-hybridized carbons (Fsp3) is 0.459. The molecule has 0 N–H and O–H groups in total. The summed E-state index contributed by atoms with van der Waals surface area (Å²) >= 11 is 0. The van der Waals surface area contributed by atoms with Gasteiger partial charge in [-0.1, -0.05) is 55.7 Å². The van der Waals surface area contributed by atoms with E-state index in [1.807, 2.05) is 0 Å². The molecular weight excluding hydrogens is 799 g/mol. The molecule has 3 aromatic carbocycles. The molecule has 9 nitrogen and oxygen atoms in total. The summed E-state index contributed by atoms with van der Waals surface area (Å²) in [4.78, 5) is 27.3. The Kier molecular flexibility index (Phi) is 11.7. The van der Waals surface area contributed by atoms with Crippen molar-refractivity contribution >= 4 is 42.2 Å². The lowest BCUT2D eigenvalue weighted by Gasteiger charge is -2.41. The van der Waals surface area contributed by atoms with Gasteiger partial charge in [0, 0.05) is 14.7 Å². The Hall–Kier alpha value is -3.61. The number of benzene rings is 3. The molecule has 55 heavy (non-hydrogen) atoms. The minimum atomic E-state index is -4.99. The van der Waals surface area contributed by atoms with Crippen LogP contribution in [-0.2, 0) is 42.6 Å². The topological polar surface area (TPSA) is 130 Å². The largest absolute Gasteiger partial charge is 0.456 e. The zero-order chi connectivity index (χ0) is 39.8. The van der Waals surface area contributed by atoms with Gasteiger partial charge in [0.25, 0.3) is 10.1 Å². The van der Waals surface area contributed by atoms with Crippen LogP contribution in [0.1, 0.15) is 44.9 Å². The van der Waals surface area contributed by atoms with E-state index in [-0.39, 0.29) is 22.6 Å². The van der Waals surface area contributed by atoms with Crippen LogP contribution in [0.15, 0.2) is 105 Å². The van der Waals surface area contributed by atoms with Crippen molar-refractivity contribution in [3.63, 3.8) is 0 Å². The van der Waals surface area contributed by atoms with Crippen molar-refractivity contribution in [2.24, 2.45) is 23.7 Å². The van der Waals surface area contributed by atoms with E-state index < -0.39 is 102 Å². The van der Waals surface area contributed by atoms with Crippen LogP contribution < -0.4 is 0 Å². The highest BCUT2D eigenvalue weighted by Gasteiger charge is 2.63. The first-order chi connectivity index (χ1) is 25.8. The molecule has 5 atom stereocenters. The van der Waals surface area contributed by atoms with Gasteiger partial charge in [-0.2, -0.15) is 34.8 Å². The van der Waals surface area contributed by atoms with Gasteiger partial charge in [0.15, 0.2) is 23.1 Å². The molecule has 5 unspecified atom stereocenters. The minimum absolute atomic E-state index is 0.0530. The van der Waals surface area contributed by atoms with Gasteiger partial charge in [-0.15, -0.1) is 0 Å². The quantitative estimate of drug-likeness (QED) is 0.131. The zero-order valence-electron chi connectivity index (χ0n) is 29.1. The third-order valence-corrected chi connectivity index (χ3v) is 18.4. The number of ether oxygens (including phenoxy) is 2. The molecule has 0 saturated heterocycles. The van der Waals surface area contributed by atoms with Crippen LogP contribution in [0.2, 0.25) is 0 Å². The van der Waals surface area contributed by atoms with E-state index in [2.05, 4.69) is 9.47 Å². The maximum absolute atomic E-state index is 14.7. The highest BCUT2D eigenvalue weighted by atomic mass is 32.3. The predicted molar refractivity (Wildman–Crippen MR) is 187 cm³/mol. The number of alkyl halides is 6. The molecule has 3 saturated carbocycles. The Morgan fingerprint density at radius 1 is 0.600 bits per heavy atom. The highest BCUT2D eigenvalue weighted by Crippen LogP contribution is 2.71. The monoisotopic (exact) mass is 836 g/mol. The number of rotatable bonds is 12. The second kappa shape index (κ2) is 15.7. The Labute approximate surface area is 316 Å². The van der Waals surface area contributed by atoms with E-state index in [0.29, 0.717) is 22.6 Å². The summed E-state index contributed by atoms with van der Waals surface area (Å²) in [5.74, 6) is -9.14. The molecule has 300 valence electrons. The van der Waals surface area contributed by atoms with Gasteiger partial charge in [-0.25, -0.2) is 12.0 Å². The van der Waals surface area contributed by atoms with Crippen LogP contribution >= 0.6 is 10.3 Å². The maximum atomic E-state index is 14.7. The average Bonchev–Trinajstić information content (AvgIpc) is 3.76. The van der Waals surface area contributed by atoms with Crippen molar-refractivity contribution in [1.29, 1.82) is 0 Å². The summed E-state index contributed by atoms with van der Waals surface area (Å²) < 4.78 is 150. The summed E-state index contributed by atoms with van der Waals surface area (Å²) in [7, 11) is -11.9. The Morgan fingerprint density at radius 3 is 1.55 bits per heavy atom. The molecule has 0 heterocycles. The van der Waals surface area contributed by atoms with Crippen LogP contribution in [-0.4, -0.2) is 64.8 Å². The Morgan fingerprint density at radius 2 is 1.05 bits per heavy atom. The number of halogens is 6. The fourth-order valence-corrected chi connectivity index (χ4v) is 16.1. The number of hydrogen-bond donors (Lipinski definition) is 0. The first kappa shape index (κ1) is 41.0. The molecule has 0 aliphatic heterocycles. The van der Waals surface area contributed by atoms with Gasteiger partial charge in [0.05, 0.1) is 27.2 Å². The average molecular weight is 837 g/mol. The molecule has 6 rings (SSSR count). The molecule has 0 aromatic heterocycles. The van der Waals surface area contributed by atoms with Crippen LogP contribution in [0.5, 0.6) is 0 Å². The normalized spacial score (nSPS) is 24.0. The minimum Gasteiger partial charge on any atom is -0.456 e. The summed E-state index contributed by atoms with van der Waals surface area (Å²) in [6.07, 6.45) is -7.00. The number of carbonyl (C=O) groups excluding carboxylic acids is 2. The molecule has 3 fully saturated rings. The molecule has 2 bridgehead atoms. The molecule has 0 radical (unpaired) electrons. The number of esters is 2. The third-order valence-electron chi connectivity index (χ3n) is 10.4. The lowest BCUT2D eigenvalue weighted by molar-refractivity contribution is -0.198. The molecule has 0 amide bonds. The summed E-state index contributed by atoms with van der Waals surface area (Å²) in [5, 5.41) is -2.16. The number of carbonyl (C=O) groups is 2. The maximum Gasteiger partial charge on any atom is 0.422 e. The second-order valence-electron chi connectivity index (χ2n) is 14.0.